The molecule has 0 N–H and O–H groups in total. The molecule has 2 aromatic heterocycles. The molecule has 0 fully saturated rings. The molecule has 26 heavy (non-hydrogen) atoms. The van der Waals surface area contributed by atoms with Crippen molar-refractivity contribution in [3.05, 3.63) is 71.4 Å². The Labute approximate surface area is 152 Å². The van der Waals surface area contributed by atoms with E-state index in [4.69, 9.17) is 9.68 Å². The topological polar surface area (TPSA) is 75.1 Å². The van der Waals surface area contributed by atoms with Crippen LogP contribution >= 0.6 is 0 Å². The summed E-state index contributed by atoms with van der Waals surface area (Å²) in [5.41, 5.74) is 3.32. The highest BCUT2D eigenvalue weighted by molar-refractivity contribution is 5.95. The lowest BCUT2D eigenvalue weighted by Crippen LogP contribution is -2.31. The van der Waals surface area contributed by atoms with Crippen molar-refractivity contribution in [2.75, 3.05) is 6.54 Å². The fourth-order valence-electron chi connectivity index (χ4n) is 2.86. The van der Waals surface area contributed by atoms with Gasteiger partial charge in [-0.15, -0.1) is 0 Å². The summed E-state index contributed by atoms with van der Waals surface area (Å²) in [5, 5.41) is 13.3. The maximum absolute atomic E-state index is 13.0. The molecule has 2 heterocycles. The molecule has 0 atom stereocenters. The summed E-state index contributed by atoms with van der Waals surface area (Å²) in [6.45, 7) is 4.55. The molecule has 1 amide bonds. The Morgan fingerprint density at radius 3 is 2.77 bits per heavy atom. The maximum atomic E-state index is 13.0. The number of nitrogens with zero attached hydrogens (tertiary/aromatic N) is 4. The number of para-hydroxylation sites is 1. The SMILES string of the molecule is Cc1ccccc1-n1ncc(C(=O)N(CCC#N)Cc2ccco2)c1C. The highest BCUT2D eigenvalue weighted by atomic mass is 16.3. The van der Waals surface area contributed by atoms with Gasteiger partial charge in [0.05, 0.1) is 48.4 Å². The zero-order valence-corrected chi connectivity index (χ0v) is 14.8. The highest BCUT2D eigenvalue weighted by Crippen LogP contribution is 2.19. The maximum Gasteiger partial charge on any atom is 0.257 e. The standard InChI is InChI=1S/C20H20N4O2/c1-15-7-3-4-9-19(15)24-16(2)18(13-22-24)20(25)23(11-6-10-21)14-17-8-5-12-26-17/h3-5,7-9,12-13H,6,11,14H2,1-2H3. The minimum atomic E-state index is -0.158. The third-order valence-electron chi connectivity index (χ3n) is 4.29. The molecule has 3 rings (SSSR count). The van der Waals surface area contributed by atoms with Crippen LogP contribution in [0.4, 0.5) is 0 Å². The van der Waals surface area contributed by atoms with Crippen molar-refractivity contribution in [1.29, 1.82) is 5.26 Å². The second kappa shape index (κ2) is 7.70. The second-order valence-corrected chi connectivity index (χ2v) is 6.06. The number of benzene rings is 1. The zero-order chi connectivity index (χ0) is 18.5. The van der Waals surface area contributed by atoms with Crippen LogP contribution in [0.2, 0.25) is 0 Å². The Kier molecular flexibility index (Phi) is 5.18. The van der Waals surface area contributed by atoms with E-state index in [1.807, 2.05) is 44.2 Å². The van der Waals surface area contributed by atoms with Gasteiger partial charge in [-0.25, -0.2) is 4.68 Å². The molecule has 0 radical (unpaired) electrons. The largest absolute Gasteiger partial charge is 0.467 e. The number of carbonyl (C=O) groups excluding carboxylic acids is 1. The van der Waals surface area contributed by atoms with Gasteiger partial charge in [-0.2, -0.15) is 10.4 Å². The molecule has 6 heteroatoms. The number of rotatable bonds is 6. The van der Waals surface area contributed by atoms with Crippen LogP contribution in [-0.4, -0.2) is 27.1 Å². The van der Waals surface area contributed by atoms with Crippen molar-refractivity contribution in [2.24, 2.45) is 0 Å². The van der Waals surface area contributed by atoms with Crippen LogP contribution < -0.4 is 0 Å². The van der Waals surface area contributed by atoms with Gasteiger partial charge in [-0.3, -0.25) is 4.79 Å². The van der Waals surface area contributed by atoms with Gasteiger partial charge in [0.25, 0.3) is 5.91 Å². The first kappa shape index (κ1) is 17.5. The van der Waals surface area contributed by atoms with E-state index in [1.165, 1.54) is 0 Å². The lowest BCUT2D eigenvalue weighted by molar-refractivity contribution is 0.0734. The molecule has 0 aliphatic rings. The second-order valence-electron chi connectivity index (χ2n) is 6.06. The molecule has 132 valence electrons. The van der Waals surface area contributed by atoms with E-state index in [0.717, 1.165) is 16.9 Å². The summed E-state index contributed by atoms with van der Waals surface area (Å²) in [6.07, 6.45) is 3.42. The van der Waals surface area contributed by atoms with Crippen molar-refractivity contribution < 1.29 is 9.21 Å². The van der Waals surface area contributed by atoms with Gasteiger partial charge in [0.15, 0.2) is 0 Å². The lowest BCUT2D eigenvalue weighted by Gasteiger charge is -2.20. The molecule has 0 aliphatic carbocycles. The van der Waals surface area contributed by atoms with E-state index < -0.39 is 0 Å². The van der Waals surface area contributed by atoms with Gasteiger partial charge in [0.2, 0.25) is 0 Å². The lowest BCUT2D eigenvalue weighted by atomic mass is 10.2. The smallest absolute Gasteiger partial charge is 0.257 e. The van der Waals surface area contributed by atoms with Crippen LogP contribution in [0.3, 0.4) is 0 Å². The molecule has 0 unspecified atom stereocenters. The summed E-state index contributed by atoms with van der Waals surface area (Å²) < 4.78 is 7.13. The van der Waals surface area contributed by atoms with Gasteiger partial charge in [-0.1, -0.05) is 18.2 Å². The predicted molar refractivity (Wildman–Crippen MR) is 96.7 cm³/mol. The number of aryl methyl sites for hydroxylation is 1. The number of nitriles is 1. The summed E-state index contributed by atoms with van der Waals surface area (Å²) >= 11 is 0. The minimum absolute atomic E-state index is 0.158. The van der Waals surface area contributed by atoms with Crippen LogP contribution in [0.15, 0.2) is 53.3 Å². The summed E-state index contributed by atoms with van der Waals surface area (Å²) in [7, 11) is 0. The Hall–Kier alpha value is -3.33. The summed E-state index contributed by atoms with van der Waals surface area (Å²) in [4.78, 5) is 14.7. The van der Waals surface area contributed by atoms with E-state index in [0.29, 0.717) is 24.4 Å². The molecule has 1 aromatic carbocycles. The molecule has 0 spiro atoms. The molecular weight excluding hydrogens is 328 g/mol. The highest BCUT2D eigenvalue weighted by Gasteiger charge is 2.22. The van der Waals surface area contributed by atoms with Crippen molar-refractivity contribution in [3.8, 4) is 11.8 Å². The van der Waals surface area contributed by atoms with Gasteiger partial charge < -0.3 is 9.32 Å². The Balaban J connectivity index is 1.90. The molecule has 6 nitrogen and oxygen atoms in total. The van der Waals surface area contributed by atoms with Gasteiger partial charge >= 0.3 is 0 Å². The number of aromatic nitrogens is 2. The monoisotopic (exact) mass is 348 g/mol. The predicted octanol–water partition coefficient (Wildman–Crippen LogP) is 3.64. The van der Waals surface area contributed by atoms with E-state index >= 15 is 0 Å². The normalized spacial score (nSPS) is 10.5. The van der Waals surface area contributed by atoms with E-state index in [2.05, 4.69) is 11.2 Å². The zero-order valence-electron chi connectivity index (χ0n) is 14.8. The van der Waals surface area contributed by atoms with Crippen molar-refractivity contribution in [1.82, 2.24) is 14.7 Å². The Morgan fingerprint density at radius 2 is 2.08 bits per heavy atom. The van der Waals surface area contributed by atoms with Crippen LogP contribution in [0.5, 0.6) is 0 Å². The fraction of sp³-hybridized carbons (Fsp3) is 0.250. The van der Waals surface area contributed by atoms with Crippen LogP contribution in [0.1, 0.15) is 33.8 Å². The molecule has 0 saturated carbocycles. The van der Waals surface area contributed by atoms with E-state index in [1.54, 1.807) is 28.1 Å². The van der Waals surface area contributed by atoms with Crippen molar-refractivity contribution >= 4 is 5.91 Å². The average Bonchev–Trinajstić information content (AvgIpc) is 3.28. The first-order chi connectivity index (χ1) is 12.6. The van der Waals surface area contributed by atoms with Crippen LogP contribution in [0.25, 0.3) is 5.69 Å². The number of amides is 1. The molecule has 0 aliphatic heterocycles. The number of carbonyl (C=O) groups is 1. The van der Waals surface area contributed by atoms with Crippen LogP contribution in [-0.2, 0) is 6.54 Å². The van der Waals surface area contributed by atoms with Gasteiger partial charge in [0.1, 0.15) is 5.76 Å². The minimum Gasteiger partial charge on any atom is -0.467 e. The molecule has 3 aromatic rings. The van der Waals surface area contributed by atoms with Crippen molar-refractivity contribution in [2.45, 2.75) is 26.8 Å². The third-order valence-corrected chi connectivity index (χ3v) is 4.29. The molecule has 0 saturated heterocycles. The third kappa shape index (κ3) is 3.52. The quantitative estimate of drug-likeness (QED) is 0.681. The van der Waals surface area contributed by atoms with Crippen molar-refractivity contribution in [3.63, 3.8) is 0 Å². The summed E-state index contributed by atoms with van der Waals surface area (Å²) in [5.74, 6) is 0.522. The first-order valence-corrected chi connectivity index (χ1v) is 8.41. The average molecular weight is 348 g/mol. The van der Waals surface area contributed by atoms with E-state index in [9.17, 15) is 4.79 Å². The Morgan fingerprint density at radius 1 is 1.27 bits per heavy atom. The first-order valence-electron chi connectivity index (χ1n) is 8.41. The fourth-order valence-corrected chi connectivity index (χ4v) is 2.86. The van der Waals surface area contributed by atoms with Crippen LogP contribution in [0, 0.1) is 25.2 Å². The number of furan rings is 1. The Bertz CT molecular complexity index is 935. The summed E-state index contributed by atoms with van der Waals surface area (Å²) in [6, 6.07) is 13.6. The number of hydrogen-bond donors (Lipinski definition) is 0. The van der Waals surface area contributed by atoms with Gasteiger partial charge in [-0.05, 0) is 37.6 Å². The number of hydrogen-bond acceptors (Lipinski definition) is 4. The molecular formula is C20H20N4O2. The van der Waals surface area contributed by atoms with E-state index in [-0.39, 0.29) is 12.3 Å². The van der Waals surface area contributed by atoms with Gasteiger partial charge in [0, 0.05) is 6.54 Å². The molecule has 0 bridgehead atoms.